The van der Waals surface area contributed by atoms with Gasteiger partial charge in [0, 0.05) is 12.1 Å². The number of esters is 1. The van der Waals surface area contributed by atoms with Crippen LogP contribution in [0.25, 0.3) is 0 Å². The van der Waals surface area contributed by atoms with Gasteiger partial charge >= 0.3 is 5.97 Å². The number of methoxy groups -OCH3 is 1. The van der Waals surface area contributed by atoms with Crippen molar-refractivity contribution in [1.82, 2.24) is 4.90 Å². The highest BCUT2D eigenvalue weighted by Crippen LogP contribution is 2.26. The number of hydrogen-bond donors (Lipinski definition) is 0. The van der Waals surface area contributed by atoms with Gasteiger partial charge < -0.3 is 9.47 Å². The normalized spacial score (nSPS) is 19.5. The molecule has 0 bridgehead atoms. The van der Waals surface area contributed by atoms with Crippen LogP contribution in [-0.4, -0.2) is 36.2 Å². The van der Waals surface area contributed by atoms with Crippen molar-refractivity contribution in [2.24, 2.45) is 0 Å². The monoisotopic (exact) mass is 291 g/mol. The number of hydrogen-bond acceptors (Lipinski definition) is 4. The van der Waals surface area contributed by atoms with Gasteiger partial charge in [-0.05, 0) is 46.2 Å². The molecule has 21 heavy (non-hydrogen) atoms. The summed E-state index contributed by atoms with van der Waals surface area (Å²) in [5.74, 6) is 0.752. The largest absolute Gasteiger partial charge is 0.496 e. The molecule has 1 aliphatic rings. The molecule has 0 saturated carbocycles. The van der Waals surface area contributed by atoms with E-state index in [4.69, 9.17) is 9.47 Å². The number of carbonyl (C=O) groups is 1. The van der Waals surface area contributed by atoms with Crippen LogP contribution in [-0.2, 0) is 16.1 Å². The van der Waals surface area contributed by atoms with E-state index >= 15 is 0 Å². The lowest BCUT2D eigenvalue weighted by Gasteiger charge is -2.27. The third-order valence-corrected chi connectivity index (χ3v) is 3.61. The number of benzene rings is 1. The molecule has 1 saturated heterocycles. The van der Waals surface area contributed by atoms with E-state index in [9.17, 15) is 4.79 Å². The van der Waals surface area contributed by atoms with Crippen LogP contribution in [0.3, 0.4) is 0 Å². The number of nitrogens with zero attached hydrogens (tertiary/aromatic N) is 1. The number of likely N-dealkylation sites (tertiary alicyclic amines) is 1. The summed E-state index contributed by atoms with van der Waals surface area (Å²) in [6.07, 6.45) is 1.89. The van der Waals surface area contributed by atoms with Gasteiger partial charge in [0.15, 0.2) is 0 Å². The van der Waals surface area contributed by atoms with Crippen LogP contribution in [0.15, 0.2) is 24.3 Å². The van der Waals surface area contributed by atoms with Crippen molar-refractivity contribution in [3.63, 3.8) is 0 Å². The van der Waals surface area contributed by atoms with Gasteiger partial charge in [-0.15, -0.1) is 0 Å². The van der Waals surface area contributed by atoms with Crippen molar-refractivity contribution >= 4 is 5.97 Å². The highest BCUT2D eigenvalue weighted by molar-refractivity contribution is 5.76. The minimum absolute atomic E-state index is 0.116. The zero-order chi connectivity index (χ0) is 15.5. The molecule has 116 valence electrons. The molecule has 1 heterocycles. The second kappa shape index (κ2) is 6.48. The zero-order valence-electron chi connectivity index (χ0n) is 13.4. The lowest BCUT2D eigenvalue weighted by Crippen LogP contribution is -2.40. The molecule has 4 nitrogen and oxygen atoms in total. The van der Waals surface area contributed by atoms with Crippen molar-refractivity contribution in [2.75, 3.05) is 13.7 Å². The smallest absolute Gasteiger partial charge is 0.323 e. The highest BCUT2D eigenvalue weighted by atomic mass is 16.6. The fourth-order valence-corrected chi connectivity index (χ4v) is 2.70. The molecule has 0 N–H and O–H groups in total. The minimum atomic E-state index is -0.435. The van der Waals surface area contributed by atoms with Gasteiger partial charge in [-0.2, -0.15) is 0 Å². The van der Waals surface area contributed by atoms with Gasteiger partial charge in [-0.3, -0.25) is 9.69 Å². The van der Waals surface area contributed by atoms with E-state index in [0.717, 1.165) is 30.7 Å². The molecule has 0 spiro atoms. The van der Waals surface area contributed by atoms with Crippen LogP contribution in [0.5, 0.6) is 5.75 Å². The Morgan fingerprint density at radius 3 is 2.71 bits per heavy atom. The summed E-state index contributed by atoms with van der Waals surface area (Å²) in [6.45, 7) is 7.36. The van der Waals surface area contributed by atoms with Crippen LogP contribution in [0.4, 0.5) is 0 Å². The van der Waals surface area contributed by atoms with Crippen molar-refractivity contribution in [1.29, 1.82) is 0 Å². The number of carbonyl (C=O) groups excluding carboxylic acids is 1. The first-order valence-corrected chi connectivity index (χ1v) is 7.49. The Morgan fingerprint density at radius 2 is 2.05 bits per heavy atom. The molecule has 1 aliphatic heterocycles. The van der Waals surface area contributed by atoms with Crippen LogP contribution >= 0.6 is 0 Å². The zero-order valence-corrected chi connectivity index (χ0v) is 13.4. The molecule has 0 radical (unpaired) electrons. The van der Waals surface area contributed by atoms with E-state index in [1.54, 1.807) is 7.11 Å². The third kappa shape index (κ3) is 4.21. The van der Waals surface area contributed by atoms with Crippen LogP contribution in [0, 0.1) is 0 Å². The third-order valence-electron chi connectivity index (χ3n) is 3.61. The maximum absolute atomic E-state index is 12.3. The van der Waals surface area contributed by atoms with Gasteiger partial charge in [0.05, 0.1) is 7.11 Å². The highest BCUT2D eigenvalue weighted by Gasteiger charge is 2.34. The van der Waals surface area contributed by atoms with E-state index in [1.165, 1.54) is 0 Å². The van der Waals surface area contributed by atoms with Crippen molar-refractivity contribution in [3.05, 3.63) is 29.8 Å². The standard InChI is InChI=1S/C17H25NO3/c1-17(2,3)21-16(19)14-9-7-11-18(14)12-13-8-5-6-10-15(13)20-4/h5-6,8,10,14H,7,9,11-12H2,1-4H3/t14-/m0/s1. The second-order valence-electron chi connectivity index (χ2n) is 6.47. The summed E-state index contributed by atoms with van der Waals surface area (Å²) < 4.78 is 10.9. The Labute approximate surface area is 127 Å². The molecule has 0 unspecified atom stereocenters. The van der Waals surface area contributed by atoms with Crippen LogP contribution in [0.2, 0.25) is 0 Å². The van der Waals surface area contributed by atoms with E-state index in [-0.39, 0.29) is 12.0 Å². The molecule has 0 aromatic heterocycles. The number of ether oxygens (including phenoxy) is 2. The Hall–Kier alpha value is -1.55. The predicted molar refractivity (Wildman–Crippen MR) is 82.3 cm³/mol. The first-order chi connectivity index (χ1) is 9.90. The number of rotatable bonds is 4. The first-order valence-electron chi connectivity index (χ1n) is 7.49. The van der Waals surface area contributed by atoms with Crippen molar-refractivity contribution in [2.45, 2.75) is 51.8 Å². The molecule has 0 amide bonds. The minimum Gasteiger partial charge on any atom is -0.496 e. The quantitative estimate of drug-likeness (QED) is 0.799. The Morgan fingerprint density at radius 1 is 1.33 bits per heavy atom. The molecular weight excluding hydrogens is 266 g/mol. The fourth-order valence-electron chi connectivity index (χ4n) is 2.70. The summed E-state index contributed by atoms with van der Waals surface area (Å²) in [7, 11) is 1.67. The molecule has 1 fully saturated rings. The summed E-state index contributed by atoms with van der Waals surface area (Å²) in [6, 6.07) is 7.81. The maximum atomic E-state index is 12.3. The molecule has 1 atom stereocenters. The first kappa shape index (κ1) is 15.8. The molecule has 0 aliphatic carbocycles. The van der Waals surface area contributed by atoms with Gasteiger partial charge in [-0.25, -0.2) is 0 Å². The van der Waals surface area contributed by atoms with Gasteiger partial charge in [0.25, 0.3) is 0 Å². The van der Waals surface area contributed by atoms with E-state index in [2.05, 4.69) is 4.90 Å². The Balaban J connectivity index is 2.07. The Bertz CT molecular complexity index is 493. The maximum Gasteiger partial charge on any atom is 0.323 e. The van der Waals surface area contributed by atoms with Gasteiger partial charge in [0.2, 0.25) is 0 Å². The van der Waals surface area contributed by atoms with Gasteiger partial charge in [-0.1, -0.05) is 18.2 Å². The topological polar surface area (TPSA) is 38.8 Å². The molecule has 4 heteroatoms. The molecule has 1 aromatic carbocycles. The predicted octanol–water partition coefficient (Wildman–Crippen LogP) is 3.00. The molecule has 2 rings (SSSR count). The van der Waals surface area contributed by atoms with E-state index in [1.807, 2.05) is 45.0 Å². The SMILES string of the molecule is COc1ccccc1CN1CCC[C@H]1C(=O)OC(C)(C)C. The van der Waals surface area contributed by atoms with Crippen molar-refractivity contribution in [3.8, 4) is 5.75 Å². The van der Waals surface area contributed by atoms with E-state index in [0.29, 0.717) is 6.54 Å². The summed E-state index contributed by atoms with van der Waals surface area (Å²) in [4.78, 5) is 14.5. The second-order valence-corrected chi connectivity index (χ2v) is 6.47. The van der Waals surface area contributed by atoms with Crippen molar-refractivity contribution < 1.29 is 14.3 Å². The molecular formula is C17H25NO3. The fraction of sp³-hybridized carbons (Fsp3) is 0.588. The van der Waals surface area contributed by atoms with E-state index < -0.39 is 5.60 Å². The summed E-state index contributed by atoms with van der Waals surface area (Å²) in [5, 5.41) is 0. The van der Waals surface area contributed by atoms with Gasteiger partial charge in [0.1, 0.15) is 17.4 Å². The average Bonchev–Trinajstić information content (AvgIpc) is 2.85. The lowest BCUT2D eigenvalue weighted by atomic mass is 10.1. The van der Waals surface area contributed by atoms with Crippen LogP contribution in [0.1, 0.15) is 39.2 Å². The Kier molecular flexibility index (Phi) is 4.88. The summed E-state index contributed by atoms with van der Waals surface area (Å²) >= 11 is 0. The summed E-state index contributed by atoms with van der Waals surface area (Å²) in [5.41, 5.74) is 0.672. The molecule has 1 aromatic rings. The average molecular weight is 291 g/mol. The lowest BCUT2D eigenvalue weighted by molar-refractivity contribution is -0.160. The van der Waals surface area contributed by atoms with Crippen LogP contribution < -0.4 is 4.74 Å². The number of para-hydroxylation sites is 1.